The van der Waals surface area contributed by atoms with E-state index in [0.717, 1.165) is 5.56 Å². The summed E-state index contributed by atoms with van der Waals surface area (Å²) < 4.78 is 5.57. The van der Waals surface area contributed by atoms with Crippen LogP contribution in [-0.2, 0) is 6.61 Å². The van der Waals surface area contributed by atoms with Crippen LogP contribution < -0.4 is 4.74 Å². The average Bonchev–Trinajstić information content (AvgIpc) is 2.39. The zero-order valence-electron chi connectivity index (χ0n) is 9.70. The highest BCUT2D eigenvalue weighted by Crippen LogP contribution is 2.29. The lowest BCUT2D eigenvalue weighted by Gasteiger charge is -2.10. The van der Waals surface area contributed by atoms with Gasteiger partial charge in [0.25, 0.3) is 0 Å². The van der Waals surface area contributed by atoms with Gasteiger partial charge in [-0.2, -0.15) is 0 Å². The Morgan fingerprint density at radius 1 is 1.11 bits per heavy atom. The van der Waals surface area contributed by atoms with Crippen LogP contribution in [0.3, 0.4) is 0 Å². The summed E-state index contributed by atoms with van der Waals surface area (Å²) in [5, 5.41) is 1.38. The topological polar surface area (TPSA) is 26.3 Å². The minimum atomic E-state index is 0.248. The van der Waals surface area contributed by atoms with Gasteiger partial charge in [0.15, 0.2) is 6.29 Å². The standard InChI is InChI=1S/C14H9Cl3O2/c15-11-5-4-10(12(16)6-11)8-19-13-3-1-2-9(7-18)14(13)17/h1-7H,8H2. The summed E-state index contributed by atoms with van der Waals surface area (Å²) in [6.07, 6.45) is 0.685. The van der Waals surface area contributed by atoms with Gasteiger partial charge in [-0.05, 0) is 24.3 Å². The quantitative estimate of drug-likeness (QED) is 0.739. The molecule has 0 aliphatic rings. The number of hydrogen-bond acceptors (Lipinski definition) is 2. The van der Waals surface area contributed by atoms with Gasteiger partial charge < -0.3 is 4.74 Å². The number of ether oxygens (including phenoxy) is 1. The van der Waals surface area contributed by atoms with Gasteiger partial charge in [-0.3, -0.25) is 4.79 Å². The van der Waals surface area contributed by atoms with Gasteiger partial charge >= 0.3 is 0 Å². The Kier molecular flexibility index (Phi) is 4.70. The highest BCUT2D eigenvalue weighted by atomic mass is 35.5. The third-order valence-electron chi connectivity index (χ3n) is 2.52. The van der Waals surface area contributed by atoms with E-state index in [1.165, 1.54) is 0 Å². The first-order valence-corrected chi connectivity index (χ1v) is 6.55. The van der Waals surface area contributed by atoms with Crippen LogP contribution in [0.1, 0.15) is 15.9 Å². The first-order valence-electron chi connectivity index (χ1n) is 5.42. The van der Waals surface area contributed by atoms with Gasteiger partial charge in [-0.15, -0.1) is 0 Å². The molecular formula is C14H9Cl3O2. The molecular weight excluding hydrogens is 307 g/mol. The number of halogens is 3. The molecule has 0 heterocycles. The lowest BCUT2D eigenvalue weighted by Crippen LogP contribution is -1.98. The predicted molar refractivity (Wildman–Crippen MR) is 77.6 cm³/mol. The second-order valence-corrected chi connectivity index (χ2v) is 5.02. The lowest BCUT2D eigenvalue weighted by molar-refractivity contribution is 0.112. The van der Waals surface area contributed by atoms with E-state index in [4.69, 9.17) is 39.5 Å². The zero-order valence-corrected chi connectivity index (χ0v) is 12.0. The second-order valence-electron chi connectivity index (χ2n) is 3.80. The molecule has 0 aliphatic carbocycles. The summed E-state index contributed by atoms with van der Waals surface area (Å²) in [6, 6.07) is 10.2. The van der Waals surface area contributed by atoms with Crippen molar-refractivity contribution < 1.29 is 9.53 Å². The minimum Gasteiger partial charge on any atom is -0.487 e. The SMILES string of the molecule is O=Cc1cccc(OCc2ccc(Cl)cc2Cl)c1Cl. The van der Waals surface area contributed by atoms with Crippen molar-refractivity contribution in [3.8, 4) is 5.75 Å². The van der Waals surface area contributed by atoms with E-state index in [1.807, 2.05) is 0 Å². The maximum absolute atomic E-state index is 10.8. The molecule has 2 nitrogen and oxygen atoms in total. The molecule has 0 aliphatic heterocycles. The lowest BCUT2D eigenvalue weighted by atomic mass is 10.2. The minimum absolute atomic E-state index is 0.248. The molecule has 0 bridgehead atoms. The van der Waals surface area contributed by atoms with Crippen LogP contribution in [0.5, 0.6) is 5.75 Å². The van der Waals surface area contributed by atoms with E-state index >= 15 is 0 Å². The van der Waals surface area contributed by atoms with Crippen molar-refractivity contribution in [2.45, 2.75) is 6.61 Å². The molecule has 19 heavy (non-hydrogen) atoms. The number of carbonyl (C=O) groups is 1. The Labute approximate surface area is 125 Å². The molecule has 0 N–H and O–H groups in total. The van der Waals surface area contributed by atoms with Crippen molar-refractivity contribution in [2.75, 3.05) is 0 Å². The number of carbonyl (C=O) groups excluding carboxylic acids is 1. The third kappa shape index (κ3) is 3.41. The maximum atomic E-state index is 10.8. The van der Waals surface area contributed by atoms with Crippen LogP contribution in [0.2, 0.25) is 15.1 Å². The molecule has 5 heteroatoms. The molecule has 0 spiro atoms. The summed E-state index contributed by atoms with van der Waals surface area (Å²) in [5.41, 5.74) is 1.18. The fraction of sp³-hybridized carbons (Fsp3) is 0.0714. The first-order chi connectivity index (χ1) is 9.11. The van der Waals surface area contributed by atoms with Crippen molar-refractivity contribution in [1.29, 1.82) is 0 Å². The number of benzene rings is 2. The molecule has 0 radical (unpaired) electrons. The molecule has 0 fully saturated rings. The third-order valence-corrected chi connectivity index (χ3v) is 3.51. The first kappa shape index (κ1) is 14.2. The fourth-order valence-electron chi connectivity index (χ4n) is 1.52. The second kappa shape index (κ2) is 6.29. The fourth-order valence-corrected chi connectivity index (χ4v) is 2.21. The van der Waals surface area contributed by atoms with E-state index in [-0.39, 0.29) is 6.61 Å². The van der Waals surface area contributed by atoms with Gasteiger partial charge in [-0.1, -0.05) is 46.9 Å². The van der Waals surface area contributed by atoms with Crippen LogP contribution in [0.4, 0.5) is 0 Å². The smallest absolute Gasteiger partial charge is 0.151 e. The van der Waals surface area contributed by atoms with Crippen LogP contribution in [-0.4, -0.2) is 6.29 Å². The van der Waals surface area contributed by atoms with E-state index in [2.05, 4.69) is 0 Å². The maximum Gasteiger partial charge on any atom is 0.151 e. The van der Waals surface area contributed by atoms with Crippen molar-refractivity contribution in [1.82, 2.24) is 0 Å². The highest BCUT2D eigenvalue weighted by molar-refractivity contribution is 6.35. The van der Waals surface area contributed by atoms with E-state index < -0.39 is 0 Å². The Hall–Kier alpha value is -1.22. The summed E-state index contributed by atoms with van der Waals surface area (Å²) in [6.45, 7) is 0.248. The largest absolute Gasteiger partial charge is 0.487 e. The number of aldehydes is 1. The van der Waals surface area contributed by atoms with Crippen LogP contribution in [0, 0.1) is 0 Å². The summed E-state index contributed by atoms with van der Waals surface area (Å²) in [5.74, 6) is 0.442. The Bertz CT molecular complexity index is 612. The van der Waals surface area contributed by atoms with Gasteiger partial charge in [-0.25, -0.2) is 0 Å². The van der Waals surface area contributed by atoms with Gasteiger partial charge in [0, 0.05) is 21.2 Å². The van der Waals surface area contributed by atoms with Crippen molar-refractivity contribution in [3.05, 3.63) is 62.6 Å². The molecule has 0 atom stereocenters. The van der Waals surface area contributed by atoms with Gasteiger partial charge in [0.1, 0.15) is 12.4 Å². The van der Waals surface area contributed by atoms with Crippen molar-refractivity contribution in [2.24, 2.45) is 0 Å². The average molecular weight is 316 g/mol. The van der Waals surface area contributed by atoms with E-state index in [0.29, 0.717) is 32.7 Å². The summed E-state index contributed by atoms with van der Waals surface area (Å²) in [7, 11) is 0. The molecule has 0 saturated heterocycles. The van der Waals surface area contributed by atoms with Gasteiger partial charge in [0.05, 0.1) is 5.02 Å². The number of hydrogen-bond donors (Lipinski definition) is 0. The Balaban J connectivity index is 2.17. The van der Waals surface area contributed by atoms with Crippen molar-refractivity contribution >= 4 is 41.1 Å². The molecule has 0 amide bonds. The highest BCUT2D eigenvalue weighted by Gasteiger charge is 2.08. The Morgan fingerprint density at radius 2 is 1.89 bits per heavy atom. The normalized spacial score (nSPS) is 10.3. The van der Waals surface area contributed by atoms with Crippen LogP contribution in [0.25, 0.3) is 0 Å². The molecule has 2 rings (SSSR count). The zero-order chi connectivity index (χ0) is 13.8. The summed E-state index contributed by atoms with van der Waals surface area (Å²) >= 11 is 17.9. The molecule has 0 aromatic heterocycles. The van der Waals surface area contributed by atoms with Gasteiger partial charge in [0.2, 0.25) is 0 Å². The molecule has 0 unspecified atom stereocenters. The molecule has 98 valence electrons. The molecule has 2 aromatic rings. The van der Waals surface area contributed by atoms with Crippen LogP contribution >= 0.6 is 34.8 Å². The monoisotopic (exact) mass is 314 g/mol. The van der Waals surface area contributed by atoms with Crippen molar-refractivity contribution in [3.63, 3.8) is 0 Å². The van der Waals surface area contributed by atoms with E-state index in [9.17, 15) is 4.79 Å². The molecule has 2 aromatic carbocycles. The summed E-state index contributed by atoms with van der Waals surface area (Å²) in [4.78, 5) is 10.8. The van der Waals surface area contributed by atoms with E-state index in [1.54, 1.807) is 36.4 Å². The Morgan fingerprint density at radius 3 is 2.58 bits per heavy atom. The molecule has 0 saturated carbocycles. The van der Waals surface area contributed by atoms with Crippen LogP contribution in [0.15, 0.2) is 36.4 Å². The predicted octanol–water partition coefficient (Wildman–Crippen LogP) is 5.04. The number of rotatable bonds is 4.